The molecular weight excluding hydrogens is 488 g/mol. The lowest BCUT2D eigenvalue weighted by molar-refractivity contribution is 0.368. The predicted octanol–water partition coefficient (Wildman–Crippen LogP) is 5.10. The van der Waals surface area contributed by atoms with Crippen LogP contribution in [0, 0.1) is 0 Å². The van der Waals surface area contributed by atoms with Gasteiger partial charge in [0, 0.05) is 46.9 Å². The van der Waals surface area contributed by atoms with Crippen LogP contribution in [0.25, 0.3) is 0 Å². The Morgan fingerprint density at radius 3 is 1.58 bits per heavy atom. The molecule has 4 atom stereocenters. The van der Waals surface area contributed by atoms with Crippen LogP contribution in [0.1, 0.15) is 57.1 Å². The van der Waals surface area contributed by atoms with E-state index in [0.29, 0.717) is 22.3 Å². The molecule has 6 N–H and O–H groups in total. The second kappa shape index (κ2) is 8.41. The minimum atomic E-state index is -0.524. The first-order valence-electron chi connectivity index (χ1n) is 12.1. The molecule has 0 unspecified atom stereocenters. The van der Waals surface area contributed by atoms with Gasteiger partial charge in [-0.1, -0.05) is 12.1 Å². The first kappa shape index (κ1) is 23.7. The number of phenolic OH excluding ortho intramolecular Hbond substituents is 6. The summed E-state index contributed by atoms with van der Waals surface area (Å²) in [5, 5.41) is 63.9. The number of hydrogen-bond acceptors (Lipinski definition) is 8. The van der Waals surface area contributed by atoms with Gasteiger partial charge >= 0.3 is 0 Å². The van der Waals surface area contributed by atoms with Crippen molar-refractivity contribution in [1.82, 2.24) is 0 Å². The lowest BCUT2D eigenvalue weighted by Gasteiger charge is -2.40. The minimum Gasteiger partial charge on any atom is -0.508 e. The van der Waals surface area contributed by atoms with Crippen molar-refractivity contribution in [3.8, 4) is 46.0 Å². The summed E-state index contributed by atoms with van der Waals surface area (Å²) in [6.45, 7) is 0. The molecule has 0 amide bonds. The topological polar surface area (TPSA) is 140 Å². The van der Waals surface area contributed by atoms with Crippen LogP contribution < -0.4 is 9.47 Å². The summed E-state index contributed by atoms with van der Waals surface area (Å²) >= 11 is 0. The largest absolute Gasteiger partial charge is 0.508 e. The highest BCUT2D eigenvalue weighted by Crippen LogP contribution is 2.69. The maximum absolute atomic E-state index is 11.2. The molecule has 0 spiro atoms. The summed E-state index contributed by atoms with van der Waals surface area (Å²) in [4.78, 5) is 0. The highest BCUT2D eigenvalue weighted by atomic mass is 16.5. The lowest BCUT2D eigenvalue weighted by Crippen LogP contribution is -2.26. The van der Waals surface area contributed by atoms with E-state index in [4.69, 9.17) is 9.47 Å². The molecule has 38 heavy (non-hydrogen) atoms. The van der Waals surface area contributed by atoms with Crippen LogP contribution in [0.5, 0.6) is 46.0 Å². The summed E-state index contributed by atoms with van der Waals surface area (Å²) in [5.41, 5.74) is 3.99. The van der Waals surface area contributed by atoms with Crippen LogP contribution in [0.2, 0.25) is 0 Å². The summed E-state index contributed by atoms with van der Waals surface area (Å²) in [7, 11) is 2.91. The van der Waals surface area contributed by atoms with Crippen LogP contribution in [0.3, 0.4) is 0 Å². The Morgan fingerprint density at radius 1 is 0.500 bits per heavy atom. The number of fused-ring (bicyclic) bond motifs is 7. The van der Waals surface area contributed by atoms with Gasteiger partial charge < -0.3 is 40.1 Å². The Labute approximate surface area is 218 Å². The van der Waals surface area contributed by atoms with E-state index < -0.39 is 17.8 Å². The van der Waals surface area contributed by atoms with Crippen molar-refractivity contribution in [3.63, 3.8) is 0 Å². The molecule has 0 aliphatic heterocycles. The molecule has 6 rings (SSSR count). The molecule has 2 bridgehead atoms. The third-order valence-corrected chi connectivity index (χ3v) is 7.92. The van der Waals surface area contributed by atoms with Gasteiger partial charge in [-0.05, 0) is 58.7 Å². The standard InChI is InChI=1S/C30H26O8/c1-37-23-7-13(3-5-19(23)33)25-27-17(9-15(31)11-21(27)35)30-26(14-4-6-20(34)24(8-14)38-2)29(25)18-10-16(32)12-22(36)28(18)30/h3-12,25-26,29-36H,1-2H3/t25-,26+,29-,30+/m1/s1. The van der Waals surface area contributed by atoms with E-state index >= 15 is 0 Å². The molecular formula is C30H26O8. The number of hydrogen-bond donors (Lipinski definition) is 6. The maximum Gasteiger partial charge on any atom is 0.160 e. The van der Waals surface area contributed by atoms with Crippen LogP contribution in [0.15, 0.2) is 60.7 Å². The fraction of sp³-hybridized carbons (Fsp3) is 0.200. The first-order valence-corrected chi connectivity index (χ1v) is 12.1. The number of ether oxygens (including phenoxy) is 2. The molecule has 194 valence electrons. The molecule has 8 nitrogen and oxygen atoms in total. The normalized spacial score (nSPS) is 21.0. The summed E-state index contributed by atoms with van der Waals surface area (Å²) in [5.74, 6) is -1.72. The number of methoxy groups -OCH3 is 2. The predicted molar refractivity (Wildman–Crippen MR) is 138 cm³/mol. The second-order valence-corrected chi connectivity index (χ2v) is 9.81. The average Bonchev–Trinajstić information content (AvgIpc) is 3.15. The molecule has 0 heterocycles. The Bertz CT molecular complexity index is 1590. The molecule has 0 radical (unpaired) electrons. The van der Waals surface area contributed by atoms with Gasteiger partial charge in [-0.25, -0.2) is 0 Å². The van der Waals surface area contributed by atoms with E-state index in [2.05, 4.69) is 0 Å². The summed E-state index contributed by atoms with van der Waals surface area (Å²) in [6, 6.07) is 15.8. The molecule has 0 aromatic heterocycles. The Kier molecular flexibility index (Phi) is 5.24. The van der Waals surface area contributed by atoms with E-state index in [1.165, 1.54) is 32.4 Å². The molecule has 4 aromatic rings. The third kappa shape index (κ3) is 3.30. The summed E-state index contributed by atoms with van der Waals surface area (Å²) in [6.07, 6.45) is 0. The molecule has 0 fully saturated rings. The van der Waals surface area contributed by atoms with Crippen molar-refractivity contribution >= 4 is 0 Å². The van der Waals surface area contributed by atoms with Gasteiger partial charge in [-0.2, -0.15) is 0 Å². The van der Waals surface area contributed by atoms with E-state index in [-0.39, 0.29) is 51.9 Å². The molecule has 2 aliphatic rings. The van der Waals surface area contributed by atoms with Gasteiger partial charge in [0.05, 0.1) is 14.2 Å². The SMILES string of the molecule is COc1cc([C@@H]2c3c(O)cc(O)cc3[C@@H]3c4c(O)cc(O)cc4[C@H]2[C@@H]3c2ccc(O)c(OC)c2)ccc1O. The quantitative estimate of drug-likeness (QED) is 0.221. The van der Waals surface area contributed by atoms with E-state index in [1.54, 1.807) is 42.5 Å². The number of rotatable bonds is 4. The number of aromatic hydroxyl groups is 6. The molecule has 0 saturated carbocycles. The van der Waals surface area contributed by atoms with Gasteiger partial charge in [0.2, 0.25) is 0 Å². The Hall–Kier alpha value is -4.72. The maximum atomic E-state index is 11.2. The van der Waals surface area contributed by atoms with Crippen LogP contribution >= 0.6 is 0 Å². The van der Waals surface area contributed by atoms with Gasteiger partial charge in [0.15, 0.2) is 23.0 Å². The highest BCUT2D eigenvalue weighted by Gasteiger charge is 2.54. The van der Waals surface area contributed by atoms with Gasteiger partial charge in [0.25, 0.3) is 0 Å². The van der Waals surface area contributed by atoms with Crippen molar-refractivity contribution in [3.05, 3.63) is 94.0 Å². The smallest absolute Gasteiger partial charge is 0.160 e. The van der Waals surface area contributed by atoms with Gasteiger partial charge in [-0.15, -0.1) is 0 Å². The van der Waals surface area contributed by atoms with Gasteiger partial charge in [-0.3, -0.25) is 0 Å². The fourth-order valence-corrected chi connectivity index (χ4v) is 6.56. The van der Waals surface area contributed by atoms with Crippen molar-refractivity contribution in [2.45, 2.75) is 23.7 Å². The monoisotopic (exact) mass is 514 g/mol. The van der Waals surface area contributed by atoms with E-state index in [0.717, 1.165) is 11.1 Å². The fourth-order valence-electron chi connectivity index (χ4n) is 6.56. The first-order chi connectivity index (χ1) is 18.2. The lowest BCUT2D eigenvalue weighted by atomic mass is 9.63. The van der Waals surface area contributed by atoms with E-state index in [9.17, 15) is 30.6 Å². The van der Waals surface area contributed by atoms with Crippen molar-refractivity contribution in [1.29, 1.82) is 0 Å². The van der Waals surface area contributed by atoms with Crippen molar-refractivity contribution in [2.75, 3.05) is 14.2 Å². The zero-order chi connectivity index (χ0) is 26.9. The van der Waals surface area contributed by atoms with Crippen molar-refractivity contribution < 1.29 is 40.1 Å². The molecule has 4 aromatic carbocycles. The second-order valence-electron chi connectivity index (χ2n) is 9.81. The number of benzene rings is 4. The minimum absolute atomic E-state index is 0.0204. The zero-order valence-corrected chi connectivity index (χ0v) is 20.6. The zero-order valence-electron chi connectivity index (χ0n) is 20.6. The van der Waals surface area contributed by atoms with E-state index in [1.807, 2.05) is 0 Å². The van der Waals surface area contributed by atoms with Gasteiger partial charge in [0.1, 0.15) is 23.0 Å². The average molecular weight is 515 g/mol. The van der Waals surface area contributed by atoms with Crippen LogP contribution in [-0.4, -0.2) is 44.9 Å². The van der Waals surface area contributed by atoms with Crippen molar-refractivity contribution in [2.24, 2.45) is 0 Å². The van der Waals surface area contributed by atoms with Crippen LogP contribution in [-0.2, 0) is 0 Å². The third-order valence-electron chi connectivity index (χ3n) is 7.92. The summed E-state index contributed by atoms with van der Waals surface area (Å²) < 4.78 is 10.8. The highest BCUT2D eigenvalue weighted by molar-refractivity contribution is 5.69. The molecule has 8 heteroatoms. The number of phenols is 6. The Morgan fingerprint density at radius 2 is 1.00 bits per heavy atom. The van der Waals surface area contributed by atoms with Crippen LogP contribution in [0.4, 0.5) is 0 Å². The Balaban J connectivity index is 1.72. The molecule has 2 aliphatic carbocycles. The molecule has 0 saturated heterocycles.